The lowest BCUT2D eigenvalue weighted by Crippen LogP contribution is -2.72. The van der Waals surface area contributed by atoms with Crippen LogP contribution in [0, 0.1) is 6.57 Å². The van der Waals surface area contributed by atoms with E-state index in [1.165, 1.54) is 0 Å². The van der Waals surface area contributed by atoms with Crippen LogP contribution in [-0.4, -0.2) is 67.7 Å². The molecule has 1 heterocycles. The average Bonchev–Trinajstić information content (AvgIpc) is 2.71. The maximum Gasteiger partial charge on any atom is 0.411 e. The van der Waals surface area contributed by atoms with E-state index < -0.39 is 57.7 Å². The molecular formula is C17H14Cl3N3O7S. The molecule has 1 fully saturated rings. The highest BCUT2D eigenvalue weighted by Gasteiger charge is 2.57. The summed E-state index contributed by atoms with van der Waals surface area (Å²) in [7, 11) is 0. The summed E-state index contributed by atoms with van der Waals surface area (Å²) in [6.45, 7) is 5.98. The normalized spacial score (nSPS) is 18.9. The first kappa shape index (κ1) is 24.9. The van der Waals surface area contributed by atoms with Crippen LogP contribution in [0.5, 0.6) is 5.75 Å². The number of amides is 2. The lowest BCUT2D eigenvalue weighted by molar-refractivity contribution is -0.159. The number of carboxylic acids is 1. The minimum Gasteiger partial charge on any atom is -0.484 e. The van der Waals surface area contributed by atoms with Gasteiger partial charge in [-0.3, -0.25) is 14.4 Å². The lowest BCUT2D eigenvalue weighted by atomic mass is 10.1. The van der Waals surface area contributed by atoms with Crippen molar-refractivity contribution in [3.8, 4) is 5.75 Å². The number of aliphatic carboxylic acids is 1. The second-order valence-electron chi connectivity index (χ2n) is 5.90. The number of benzene rings is 1. The molecule has 0 saturated carbocycles. The number of likely N-dealkylation sites (tertiary alicyclic amines) is 1. The number of carboxylic acid groups (broad SMARTS) is 1. The standard InChI is InChI=1S/C17H14Cl3N3O7S/c1-21-12(15(26)27)23-13(25)11(14(23)31-16(28)30-8-17(18,19)20)22-10(24)7-29-9-5-3-2-4-6-9/h2-6,11-12,14H,7-8H2,(H,22,24)(H,26,27). The van der Waals surface area contributed by atoms with Crippen molar-refractivity contribution >= 4 is 69.6 Å². The highest BCUT2D eigenvalue weighted by molar-refractivity contribution is 8.13. The van der Waals surface area contributed by atoms with Crippen LogP contribution < -0.4 is 10.1 Å². The molecule has 1 aromatic rings. The molecule has 166 valence electrons. The Labute approximate surface area is 195 Å². The zero-order valence-electron chi connectivity index (χ0n) is 15.4. The number of ether oxygens (including phenoxy) is 2. The number of halogens is 3. The molecule has 31 heavy (non-hydrogen) atoms. The molecule has 0 aliphatic carbocycles. The molecule has 0 aromatic heterocycles. The molecule has 2 N–H and O–H groups in total. The number of alkyl halides is 3. The number of nitrogens with zero attached hydrogens (tertiary/aromatic N) is 2. The molecule has 0 radical (unpaired) electrons. The summed E-state index contributed by atoms with van der Waals surface area (Å²) in [4.78, 5) is 51.5. The summed E-state index contributed by atoms with van der Waals surface area (Å²) >= 11 is 16.9. The van der Waals surface area contributed by atoms with Gasteiger partial charge in [-0.1, -0.05) is 53.0 Å². The number of nitrogens with one attached hydrogen (secondary N) is 1. The van der Waals surface area contributed by atoms with E-state index in [-0.39, 0.29) is 0 Å². The minimum absolute atomic E-state index is 0.370. The Hall–Kier alpha value is -2.39. The third-order valence-electron chi connectivity index (χ3n) is 3.69. The number of carbonyl (C=O) groups excluding carboxylic acids is 3. The Bertz CT molecular complexity index is 891. The third kappa shape index (κ3) is 7.07. The van der Waals surface area contributed by atoms with Crippen LogP contribution in [0.15, 0.2) is 30.3 Å². The van der Waals surface area contributed by atoms with Gasteiger partial charge in [-0.05, 0) is 23.9 Å². The highest BCUT2D eigenvalue weighted by atomic mass is 35.6. The van der Waals surface area contributed by atoms with Gasteiger partial charge >= 0.3 is 17.4 Å². The van der Waals surface area contributed by atoms with Gasteiger partial charge in [0, 0.05) is 0 Å². The van der Waals surface area contributed by atoms with Crippen molar-refractivity contribution in [2.75, 3.05) is 13.2 Å². The zero-order chi connectivity index (χ0) is 23.2. The molecule has 2 rings (SSSR count). The quantitative estimate of drug-likeness (QED) is 0.236. The van der Waals surface area contributed by atoms with Crippen molar-refractivity contribution in [2.45, 2.75) is 21.4 Å². The number of para-hydroxylation sites is 1. The number of hydrogen-bond donors (Lipinski definition) is 2. The maximum absolute atomic E-state index is 12.4. The van der Waals surface area contributed by atoms with Crippen LogP contribution in [0.25, 0.3) is 4.85 Å². The summed E-state index contributed by atoms with van der Waals surface area (Å²) in [5, 5.41) is 9.30. The van der Waals surface area contributed by atoms with Crippen molar-refractivity contribution in [3.05, 3.63) is 41.7 Å². The van der Waals surface area contributed by atoms with E-state index in [0.29, 0.717) is 22.4 Å². The predicted octanol–water partition coefficient (Wildman–Crippen LogP) is 2.29. The van der Waals surface area contributed by atoms with Gasteiger partial charge in [0.15, 0.2) is 6.61 Å². The topological polar surface area (TPSA) is 127 Å². The van der Waals surface area contributed by atoms with Crippen LogP contribution in [0.3, 0.4) is 0 Å². The van der Waals surface area contributed by atoms with E-state index >= 15 is 0 Å². The van der Waals surface area contributed by atoms with Crippen molar-refractivity contribution in [1.82, 2.24) is 10.2 Å². The molecule has 0 spiro atoms. The summed E-state index contributed by atoms with van der Waals surface area (Å²) in [5.74, 6) is -2.74. The Balaban J connectivity index is 2.05. The van der Waals surface area contributed by atoms with Gasteiger partial charge in [-0.25, -0.2) is 21.1 Å². The summed E-state index contributed by atoms with van der Waals surface area (Å²) in [6, 6.07) is 7.11. The fourth-order valence-corrected chi connectivity index (χ4v) is 3.54. The van der Waals surface area contributed by atoms with Crippen LogP contribution in [-0.2, 0) is 19.1 Å². The third-order valence-corrected chi connectivity index (χ3v) is 5.07. The molecule has 1 aliphatic rings. The van der Waals surface area contributed by atoms with Crippen molar-refractivity contribution in [1.29, 1.82) is 0 Å². The Morgan fingerprint density at radius 1 is 1.29 bits per heavy atom. The summed E-state index contributed by atoms with van der Waals surface area (Å²) in [5.41, 5.74) is 0. The van der Waals surface area contributed by atoms with Crippen LogP contribution in [0.4, 0.5) is 4.79 Å². The van der Waals surface area contributed by atoms with Gasteiger partial charge in [0.05, 0.1) is 0 Å². The van der Waals surface area contributed by atoms with E-state index in [9.17, 15) is 24.3 Å². The predicted molar refractivity (Wildman–Crippen MR) is 112 cm³/mol. The number of thioether (sulfide) groups is 1. The molecule has 3 atom stereocenters. The van der Waals surface area contributed by atoms with Crippen molar-refractivity contribution in [3.63, 3.8) is 0 Å². The van der Waals surface area contributed by atoms with Gasteiger partial charge in [0.1, 0.15) is 23.8 Å². The van der Waals surface area contributed by atoms with E-state index in [1.54, 1.807) is 30.3 Å². The number of rotatable bonds is 8. The molecule has 1 aliphatic heterocycles. The summed E-state index contributed by atoms with van der Waals surface area (Å²) < 4.78 is 8.15. The molecular weight excluding hydrogens is 497 g/mol. The van der Waals surface area contributed by atoms with Gasteiger partial charge in [0.25, 0.3) is 11.8 Å². The first-order valence-electron chi connectivity index (χ1n) is 8.32. The molecule has 10 nitrogen and oxygen atoms in total. The number of β-lactam (4-membered cyclic amide) rings is 1. The van der Waals surface area contributed by atoms with Crippen molar-refractivity contribution < 1.29 is 33.8 Å². The van der Waals surface area contributed by atoms with Gasteiger partial charge in [0.2, 0.25) is 3.79 Å². The lowest BCUT2D eigenvalue weighted by Gasteiger charge is -2.44. The monoisotopic (exact) mass is 509 g/mol. The molecule has 1 aromatic carbocycles. The van der Waals surface area contributed by atoms with Crippen LogP contribution in [0.1, 0.15) is 0 Å². The zero-order valence-corrected chi connectivity index (χ0v) is 18.5. The second kappa shape index (κ2) is 10.8. The summed E-state index contributed by atoms with van der Waals surface area (Å²) in [6.07, 6.45) is -1.89. The van der Waals surface area contributed by atoms with E-state index in [4.69, 9.17) is 50.8 Å². The SMILES string of the molecule is [C-]#[N+]C(C(=O)O)N1C(=O)C(NC(=O)COc2ccccc2)C1SC(=O)OCC(Cl)(Cl)Cl. The second-order valence-corrected chi connectivity index (χ2v) is 9.46. The highest BCUT2D eigenvalue weighted by Crippen LogP contribution is 2.35. The number of hydrogen-bond acceptors (Lipinski definition) is 7. The molecule has 3 unspecified atom stereocenters. The van der Waals surface area contributed by atoms with Gasteiger partial charge < -0.3 is 19.9 Å². The average molecular weight is 511 g/mol. The first-order chi connectivity index (χ1) is 14.5. The molecule has 14 heteroatoms. The Morgan fingerprint density at radius 3 is 2.48 bits per heavy atom. The van der Waals surface area contributed by atoms with E-state index in [2.05, 4.69) is 10.2 Å². The van der Waals surface area contributed by atoms with Crippen molar-refractivity contribution in [2.24, 2.45) is 0 Å². The minimum atomic E-state index is -1.89. The number of carbonyl (C=O) groups is 4. The Kier molecular flexibility index (Phi) is 8.64. The molecule has 0 bridgehead atoms. The largest absolute Gasteiger partial charge is 0.484 e. The first-order valence-corrected chi connectivity index (χ1v) is 10.3. The van der Waals surface area contributed by atoms with E-state index in [1.807, 2.05) is 0 Å². The Morgan fingerprint density at radius 2 is 1.94 bits per heavy atom. The van der Waals surface area contributed by atoms with Crippen LogP contribution >= 0.6 is 46.6 Å². The van der Waals surface area contributed by atoms with Gasteiger partial charge in [-0.2, -0.15) is 0 Å². The molecule has 2 amide bonds. The maximum atomic E-state index is 12.4. The molecule has 1 saturated heterocycles. The van der Waals surface area contributed by atoms with Crippen LogP contribution in [0.2, 0.25) is 0 Å². The van der Waals surface area contributed by atoms with E-state index in [0.717, 1.165) is 0 Å². The fraction of sp³-hybridized carbons (Fsp3) is 0.353. The van der Waals surface area contributed by atoms with Gasteiger partial charge in [-0.15, -0.1) is 0 Å². The fourth-order valence-electron chi connectivity index (χ4n) is 2.39. The smallest absolute Gasteiger partial charge is 0.411 e.